The van der Waals surface area contributed by atoms with Crippen molar-refractivity contribution in [3.05, 3.63) is 47.7 Å². The molecule has 0 bridgehead atoms. The van der Waals surface area contributed by atoms with Gasteiger partial charge in [-0.2, -0.15) is 5.10 Å². The number of rotatable bonds is 4. The van der Waals surface area contributed by atoms with Gasteiger partial charge in [-0.1, -0.05) is 0 Å². The minimum absolute atomic E-state index is 0.0839. The molecule has 0 fully saturated rings. The highest BCUT2D eigenvalue weighted by Gasteiger charge is 2.43. The Bertz CT molecular complexity index is 1500. The van der Waals surface area contributed by atoms with Crippen LogP contribution in [0.5, 0.6) is 11.5 Å². The van der Waals surface area contributed by atoms with E-state index >= 15 is 0 Å². The molecule has 4 aromatic rings. The molecule has 2 aromatic carbocycles. The van der Waals surface area contributed by atoms with E-state index in [1.54, 1.807) is 29.3 Å². The molecule has 178 valence electrons. The van der Waals surface area contributed by atoms with E-state index in [-0.39, 0.29) is 11.8 Å². The van der Waals surface area contributed by atoms with Gasteiger partial charge in [-0.05, 0) is 56.7 Å². The van der Waals surface area contributed by atoms with Crippen LogP contribution in [0.25, 0.3) is 22.6 Å². The number of ether oxygens (including phenoxy) is 2. The summed E-state index contributed by atoms with van der Waals surface area (Å²) in [6, 6.07) is 9.00. The summed E-state index contributed by atoms with van der Waals surface area (Å²) < 4.78 is 11.1. The van der Waals surface area contributed by atoms with Gasteiger partial charge in [-0.15, -0.1) is 0 Å². The zero-order valence-electron chi connectivity index (χ0n) is 19.6. The van der Waals surface area contributed by atoms with Crippen LogP contribution in [-0.4, -0.2) is 51.7 Å². The van der Waals surface area contributed by atoms with E-state index in [4.69, 9.17) is 14.5 Å². The molecular weight excluding hydrogens is 448 g/mol. The van der Waals surface area contributed by atoms with Crippen molar-refractivity contribution in [1.29, 1.82) is 0 Å². The number of nitrogens with one attached hydrogen (secondary N) is 3. The Morgan fingerprint density at radius 2 is 1.97 bits per heavy atom. The molecule has 35 heavy (non-hydrogen) atoms. The maximum Gasteiger partial charge on any atom is 0.255 e. The van der Waals surface area contributed by atoms with E-state index in [1.807, 2.05) is 32.9 Å². The quantitative estimate of drug-likeness (QED) is 0.417. The van der Waals surface area contributed by atoms with Crippen molar-refractivity contribution in [2.24, 2.45) is 0 Å². The summed E-state index contributed by atoms with van der Waals surface area (Å²) in [6.45, 7) is 7.36. The second-order valence-corrected chi connectivity index (χ2v) is 9.12. The summed E-state index contributed by atoms with van der Waals surface area (Å²) in [5, 5.41) is 9.93. The predicted octanol–water partition coefficient (Wildman–Crippen LogP) is 3.62. The molecule has 6 rings (SSSR count). The Morgan fingerprint density at radius 1 is 1.17 bits per heavy atom. The van der Waals surface area contributed by atoms with Crippen molar-refractivity contribution in [3.8, 4) is 23.0 Å². The van der Waals surface area contributed by atoms with Gasteiger partial charge >= 0.3 is 0 Å². The average molecular weight is 473 g/mol. The number of aromatic nitrogens is 4. The highest BCUT2D eigenvalue weighted by molar-refractivity contribution is 6.10. The standard InChI is InChI=1S/C25H24N6O4/c1-4-31-18-11-16-15(10-14(18)25(2,3)24(31)33)27-22(28-16)21-17(12-26-30-21)29-23(32)13-5-6-19-20(9-13)35-8-7-34-19/h5-6,9-12H,4,7-8H2,1-3H3,(H,26,30)(H,27,28)(H,29,32). The number of fused-ring (bicyclic) bond motifs is 3. The Kier molecular flexibility index (Phi) is 4.60. The van der Waals surface area contributed by atoms with Crippen molar-refractivity contribution in [2.75, 3.05) is 30.0 Å². The first kappa shape index (κ1) is 21.2. The van der Waals surface area contributed by atoms with Gasteiger partial charge in [0.1, 0.15) is 18.9 Å². The summed E-state index contributed by atoms with van der Waals surface area (Å²) in [6.07, 6.45) is 1.54. The maximum atomic E-state index is 12.9. The fourth-order valence-corrected chi connectivity index (χ4v) is 4.70. The zero-order chi connectivity index (χ0) is 24.3. The molecule has 0 saturated heterocycles. The molecule has 2 aromatic heterocycles. The second-order valence-electron chi connectivity index (χ2n) is 9.12. The van der Waals surface area contributed by atoms with Crippen molar-refractivity contribution in [1.82, 2.24) is 20.2 Å². The Morgan fingerprint density at radius 3 is 2.77 bits per heavy atom. The predicted molar refractivity (Wildman–Crippen MR) is 130 cm³/mol. The molecule has 2 amide bonds. The van der Waals surface area contributed by atoms with Gasteiger partial charge < -0.3 is 24.7 Å². The van der Waals surface area contributed by atoms with E-state index in [1.165, 1.54) is 0 Å². The molecular formula is C25H24N6O4. The van der Waals surface area contributed by atoms with Gasteiger partial charge in [-0.3, -0.25) is 14.7 Å². The topological polar surface area (TPSA) is 125 Å². The number of carbonyl (C=O) groups is 2. The lowest BCUT2D eigenvalue weighted by atomic mass is 9.86. The Hall–Kier alpha value is -4.34. The molecule has 0 saturated carbocycles. The van der Waals surface area contributed by atoms with Crippen LogP contribution in [0.1, 0.15) is 36.7 Å². The van der Waals surface area contributed by atoms with Crippen molar-refractivity contribution < 1.29 is 19.1 Å². The molecule has 2 aliphatic heterocycles. The molecule has 0 radical (unpaired) electrons. The van der Waals surface area contributed by atoms with Crippen LogP contribution >= 0.6 is 0 Å². The number of hydrogen-bond acceptors (Lipinski definition) is 6. The van der Waals surface area contributed by atoms with Crippen LogP contribution in [0.4, 0.5) is 11.4 Å². The van der Waals surface area contributed by atoms with Gasteiger partial charge in [0.15, 0.2) is 17.3 Å². The first-order chi connectivity index (χ1) is 16.9. The summed E-state index contributed by atoms with van der Waals surface area (Å²) in [7, 11) is 0. The molecule has 10 heteroatoms. The van der Waals surface area contributed by atoms with Gasteiger partial charge in [0.2, 0.25) is 5.91 Å². The minimum atomic E-state index is -0.610. The summed E-state index contributed by atoms with van der Waals surface area (Å²) in [5.41, 5.74) is 4.24. The largest absolute Gasteiger partial charge is 0.486 e. The van der Waals surface area contributed by atoms with Crippen molar-refractivity contribution in [2.45, 2.75) is 26.2 Å². The lowest BCUT2D eigenvalue weighted by Gasteiger charge is -2.18. The Balaban J connectivity index is 1.32. The van der Waals surface area contributed by atoms with E-state index in [2.05, 4.69) is 20.5 Å². The molecule has 4 heterocycles. The number of likely N-dealkylation sites (N-methyl/N-ethyl adjacent to an activating group) is 1. The smallest absolute Gasteiger partial charge is 0.255 e. The monoisotopic (exact) mass is 472 g/mol. The van der Waals surface area contributed by atoms with Crippen LogP contribution in [0.15, 0.2) is 36.5 Å². The molecule has 0 aliphatic carbocycles. The first-order valence-electron chi connectivity index (χ1n) is 11.5. The number of amides is 2. The third-order valence-corrected chi connectivity index (χ3v) is 6.59. The normalized spacial score (nSPS) is 16.0. The van der Waals surface area contributed by atoms with Crippen LogP contribution in [0, 0.1) is 0 Å². The number of hydrogen-bond donors (Lipinski definition) is 3. The van der Waals surface area contributed by atoms with E-state index in [0.29, 0.717) is 54.0 Å². The number of H-pyrrole nitrogens is 2. The van der Waals surface area contributed by atoms with E-state index in [9.17, 15) is 9.59 Å². The highest BCUT2D eigenvalue weighted by atomic mass is 16.6. The number of imidazole rings is 1. The third-order valence-electron chi connectivity index (χ3n) is 6.59. The van der Waals surface area contributed by atoms with Gasteiger partial charge in [0.25, 0.3) is 5.91 Å². The molecule has 10 nitrogen and oxygen atoms in total. The molecule has 3 N–H and O–H groups in total. The van der Waals surface area contributed by atoms with Gasteiger partial charge in [0.05, 0.1) is 34.0 Å². The number of aromatic amines is 2. The number of anilines is 2. The zero-order valence-corrected chi connectivity index (χ0v) is 19.6. The van der Waals surface area contributed by atoms with Crippen LogP contribution in [0.3, 0.4) is 0 Å². The first-order valence-corrected chi connectivity index (χ1v) is 11.5. The van der Waals surface area contributed by atoms with Crippen LogP contribution in [0.2, 0.25) is 0 Å². The van der Waals surface area contributed by atoms with E-state index < -0.39 is 5.41 Å². The van der Waals surface area contributed by atoms with Crippen LogP contribution < -0.4 is 19.7 Å². The molecule has 2 aliphatic rings. The maximum absolute atomic E-state index is 12.9. The van der Waals surface area contributed by atoms with Crippen molar-refractivity contribution in [3.63, 3.8) is 0 Å². The molecule has 0 atom stereocenters. The SMILES string of the molecule is CCN1C(=O)C(C)(C)c2cc3[nH]c(-c4[nH]ncc4NC(=O)c4ccc5c(c4)OCCO5)nc3cc21. The Labute approximate surface area is 200 Å². The van der Waals surface area contributed by atoms with Gasteiger partial charge in [-0.25, -0.2) is 4.98 Å². The average Bonchev–Trinajstić information content (AvgIpc) is 3.53. The summed E-state index contributed by atoms with van der Waals surface area (Å²) in [5.74, 6) is 1.48. The fourth-order valence-electron chi connectivity index (χ4n) is 4.70. The number of carbonyl (C=O) groups excluding carboxylic acids is 2. The van der Waals surface area contributed by atoms with Crippen LogP contribution in [-0.2, 0) is 10.2 Å². The second kappa shape index (κ2) is 7.59. The third kappa shape index (κ3) is 3.24. The summed E-state index contributed by atoms with van der Waals surface area (Å²) in [4.78, 5) is 35.6. The van der Waals surface area contributed by atoms with Crippen molar-refractivity contribution >= 4 is 34.2 Å². The lowest BCUT2D eigenvalue weighted by Crippen LogP contribution is -2.35. The summed E-state index contributed by atoms with van der Waals surface area (Å²) >= 11 is 0. The lowest BCUT2D eigenvalue weighted by molar-refractivity contribution is -0.122. The number of benzene rings is 2. The molecule has 0 unspecified atom stereocenters. The molecule has 0 spiro atoms. The fraction of sp³-hybridized carbons (Fsp3) is 0.280. The minimum Gasteiger partial charge on any atom is -0.486 e. The highest BCUT2D eigenvalue weighted by Crippen LogP contribution is 2.43. The number of nitrogens with zero attached hydrogens (tertiary/aromatic N) is 3. The van der Waals surface area contributed by atoms with Gasteiger partial charge in [0, 0.05) is 12.1 Å². The van der Waals surface area contributed by atoms with E-state index in [0.717, 1.165) is 22.3 Å².